The molecule has 1 heterocycles. The van der Waals surface area contributed by atoms with Gasteiger partial charge in [0.1, 0.15) is 5.76 Å². The summed E-state index contributed by atoms with van der Waals surface area (Å²) in [6, 6.07) is 3.79. The van der Waals surface area contributed by atoms with E-state index in [4.69, 9.17) is 9.52 Å². The Kier molecular flexibility index (Phi) is 4.24. The molecule has 12 heavy (non-hydrogen) atoms. The molecule has 2 nitrogen and oxygen atoms in total. The summed E-state index contributed by atoms with van der Waals surface area (Å²) in [5.41, 5.74) is 0. The van der Waals surface area contributed by atoms with E-state index in [1.165, 1.54) is 0 Å². The first-order valence-corrected chi connectivity index (χ1v) is 4.24. The molecule has 2 heteroatoms. The van der Waals surface area contributed by atoms with Gasteiger partial charge in [-0.2, -0.15) is 0 Å². The molecule has 0 radical (unpaired) electrons. The van der Waals surface area contributed by atoms with E-state index >= 15 is 0 Å². The van der Waals surface area contributed by atoms with Gasteiger partial charge in [0.2, 0.25) is 0 Å². The smallest absolute Gasteiger partial charge is 0.126 e. The minimum absolute atomic E-state index is 0.286. The van der Waals surface area contributed by atoms with E-state index in [0.717, 1.165) is 25.0 Å². The van der Waals surface area contributed by atoms with Crippen LogP contribution in [0.2, 0.25) is 0 Å². The molecule has 0 aliphatic rings. The van der Waals surface area contributed by atoms with Crippen molar-refractivity contribution < 1.29 is 9.52 Å². The van der Waals surface area contributed by atoms with Crippen molar-refractivity contribution >= 4 is 6.08 Å². The Morgan fingerprint density at radius 1 is 1.42 bits per heavy atom. The Morgan fingerprint density at radius 2 is 2.33 bits per heavy atom. The second kappa shape index (κ2) is 5.61. The maximum Gasteiger partial charge on any atom is 0.126 e. The summed E-state index contributed by atoms with van der Waals surface area (Å²) >= 11 is 0. The average Bonchev–Trinajstić information content (AvgIpc) is 2.57. The highest BCUT2D eigenvalue weighted by Crippen LogP contribution is 2.04. The van der Waals surface area contributed by atoms with Crippen LogP contribution in [-0.2, 0) is 0 Å². The molecule has 0 aliphatic carbocycles. The van der Waals surface area contributed by atoms with E-state index in [-0.39, 0.29) is 6.61 Å². The number of hydrogen-bond acceptors (Lipinski definition) is 2. The zero-order valence-corrected chi connectivity index (χ0v) is 7.07. The Morgan fingerprint density at radius 3 is 3.00 bits per heavy atom. The summed E-state index contributed by atoms with van der Waals surface area (Å²) < 4.78 is 5.10. The van der Waals surface area contributed by atoms with Crippen molar-refractivity contribution in [1.29, 1.82) is 0 Å². The van der Waals surface area contributed by atoms with Crippen LogP contribution in [0.25, 0.3) is 6.08 Å². The number of hydrogen-bond donors (Lipinski definition) is 1. The molecular weight excluding hydrogens is 152 g/mol. The molecular formula is C10H14O2. The molecule has 0 aliphatic heterocycles. The Hall–Kier alpha value is -1.02. The predicted molar refractivity (Wildman–Crippen MR) is 48.7 cm³/mol. The third kappa shape index (κ3) is 3.39. The van der Waals surface area contributed by atoms with Crippen LogP contribution in [0.1, 0.15) is 25.0 Å². The highest BCUT2D eigenvalue weighted by atomic mass is 16.3. The summed E-state index contributed by atoms with van der Waals surface area (Å²) in [7, 11) is 0. The highest BCUT2D eigenvalue weighted by Gasteiger charge is 1.86. The van der Waals surface area contributed by atoms with Crippen LogP contribution in [0.4, 0.5) is 0 Å². The van der Waals surface area contributed by atoms with Crippen LogP contribution < -0.4 is 0 Å². The minimum atomic E-state index is 0.286. The van der Waals surface area contributed by atoms with Gasteiger partial charge in [-0.25, -0.2) is 0 Å². The summed E-state index contributed by atoms with van der Waals surface area (Å²) in [6.45, 7) is 0.286. The Balaban J connectivity index is 2.14. The van der Waals surface area contributed by atoms with Gasteiger partial charge in [0.15, 0.2) is 0 Å². The third-order valence-corrected chi connectivity index (χ3v) is 1.60. The van der Waals surface area contributed by atoms with Gasteiger partial charge in [-0.3, -0.25) is 0 Å². The maximum atomic E-state index is 8.51. The number of allylic oxidation sites excluding steroid dienone is 1. The van der Waals surface area contributed by atoms with Crippen molar-refractivity contribution in [2.45, 2.75) is 19.3 Å². The topological polar surface area (TPSA) is 33.4 Å². The fraction of sp³-hybridized carbons (Fsp3) is 0.400. The van der Waals surface area contributed by atoms with Crippen LogP contribution >= 0.6 is 0 Å². The maximum absolute atomic E-state index is 8.51. The van der Waals surface area contributed by atoms with Crippen LogP contribution in [0.5, 0.6) is 0 Å². The van der Waals surface area contributed by atoms with E-state index in [9.17, 15) is 0 Å². The standard InChI is InChI=1S/C10H14O2/c11-8-4-2-1-3-6-10-7-5-9-12-10/h3,5-7,9,11H,1-2,4,8H2. The molecule has 1 aromatic rings. The molecule has 0 fully saturated rings. The van der Waals surface area contributed by atoms with Crippen molar-refractivity contribution in [2.24, 2.45) is 0 Å². The monoisotopic (exact) mass is 166 g/mol. The van der Waals surface area contributed by atoms with Gasteiger partial charge >= 0.3 is 0 Å². The second-order valence-electron chi connectivity index (χ2n) is 2.64. The molecule has 0 saturated carbocycles. The molecule has 1 N–H and O–H groups in total. The predicted octanol–water partition coefficient (Wildman–Crippen LogP) is 2.46. The van der Waals surface area contributed by atoms with E-state index < -0.39 is 0 Å². The molecule has 1 rings (SSSR count). The van der Waals surface area contributed by atoms with Crippen molar-refractivity contribution in [3.05, 3.63) is 30.2 Å². The van der Waals surface area contributed by atoms with Gasteiger partial charge in [-0.05, 0) is 37.5 Å². The number of unbranched alkanes of at least 4 members (excludes halogenated alkanes) is 2. The fourth-order valence-corrected chi connectivity index (χ4v) is 0.960. The average molecular weight is 166 g/mol. The SMILES string of the molecule is OCCCCC=Cc1ccco1. The molecule has 0 saturated heterocycles. The van der Waals surface area contributed by atoms with Gasteiger partial charge in [0.25, 0.3) is 0 Å². The second-order valence-corrected chi connectivity index (χ2v) is 2.64. The summed E-state index contributed by atoms with van der Waals surface area (Å²) in [5.74, 6) is 0.888. The number of aliphatic hydroxyl groups excluding tert-OH is 1. The van der Waals surface area contributed by atoms with E-state index in [1.807, 2.05) is 18.2 Å². The van der Waals surface area contributed by atoms with Gasteiger partial charge in [-0.15, -0.1) is 0 Å². The Bertz CT molecular complexity index is 212. The van der Waals surface area contributed by atoms with Gasteiger partial charge in [0.05, 0.1) is 6.26 Å². The lowest BCUT2D eigenvalue weighted by Crippen LogP contribution is -1.79. The van der Waals surface area contributed by atoms with Crippen molar-refractivity contribution in [3.8, 4) is 0 Å². The molecule has 0 amide bonds. The van der Waals surface area contributed by atoms with Crippen LogP contribution in [0.15, 0.2) is 28.9 Å². The first kappa shape index (κ1) is 9.07. The molecule has 0 spiro atoms. The molecule has 1 aromatic heterocycles. The van der Waals surface area contributed by atoms with Crippen molar-refractivity contribution in [1.82, 2.24) is 0 Å². The van der Waals surface area contributed by atoms with Crippen molar-refractivity contribution in [3.63, 3.8) is 0 Å². The van der Waals surface area contributed by atoms with Crippen LogP contribution in [0.3, 0.4) is 0 Å². The largest absolute Gasteiger partial charge is 0.465 e. The quantitative estimate of drug-likeness (QED) is 0.681. The normalized spacial score (nSPS) is 11.1. The molecule has 0 bridgehead atoms. The highest BCUT2D eigenvalue weighted by molar-refractivity contribution is 5.41. The summed E-state index contributed by atoms with van der Waals surface area (Å²) in [6.07, 6.45) is 8.59. The molecule has 0 aromatic carbocycles. The molecule has 66 valence electrons. The Labute approximate surface area is 72.5 Å². The van der Waals surface area contributed by atoms with E-state index in [2.05, 4.69) is 6.08 Å². The summed E-state index contributed by atoms with van der Waals surface area (Å²) in [5, 5.41) is 8.51. The van der Waals surface area contributed by atoms with Gasteiger partial charge in [0, 0.05) is 6.61 Å². The summed E-state index contributed by atoms with van der Waals surface area (Å²) in [4.78, 5) is 0. The van der Waals surface area contributed by atoms with Gasteiger partial charge in [-0.1, -0.05) is 6.08 Å². The van der Waals surface area contributed by atoms with E-state index in [1.54, 1.807) is 6.26 Å². The first-order chi connectivity index (χ1) is 5.93. The lowest BCUT2D eigenvalue weighted by Gasteiger charge is -1.90. The first-order valence-electron chi connectivity index (χ1n) is 4.24. The van der Waals surface area contributed by atoms with E-state index in [0.29, 0.717) is 0 Å². The van der Waals surface area contributed by atoms with Crippen LogP contribution in [0, 0.1) is 0 Å². The zero-order chi connectivity index (χ0) is 8.65. The lowest BCUT2D eigenvalue weighted by atomic mass is 10.2. The minimum Gasteiger partial charge on any atom is -0.465 e. The van der Waals surface area contributed by atoms with Gasteiger partial charge < -0.3 is 9.52 Å². The fourth-order valence-electron chi connectivity index (χ4n) is 0.960. The number of aliphatic hydroxyl groups is 1. The van der Waals surface area contributed by atoms with Crippen LogP contribution in [-0.4, -0.2) is 11.7 Å². The molecule has 0 atom stereocenters. The third-order valence-electron chi connectivity index (χ3n) is 1.60. The number of rotatable bonds is 5. The zero-order valence-electron chi connectivity index (χ0n) is 7.07. The van der Waals surface area contributed by atoms with Crippen molar-refractivity contribution in [2.75, 3.05) is 6.61 Å². The lowest BCUT2D eigenvalue weighted by molar-refractivity contribution is 0.285. The molecule has 0 unspecified atom stereocenters. The number of furan rings is 1.